The fourth-order valence-electron chi connectivity index (χ4n) is 2.24. The molecule has 0 aliphatic rings. The third kappa shape index (κ3) is 5.89. The number of ether oxygens (including phenoxy) is 2. The van der Waals surface area contributed by atoms with Crippen LogP contribution in [0.15, 0.2) is 84.9 Å². The van der Waals surface area contributed by atoms with E-state index in [1.165, 1.54) is 0 Å². The van der Waals surface area contributed by atoms with Crippen LogP contribution in [0.1, 0.15) is 0 Å². The molecule has 0 spiro atoms. The second-order valence-electron chi connectivity index (χ2n) is 5.55. The number of carbonyl (C=O) groups excluding carboxylic acids is 2. The fraction of sp³-hybridized carbons (Fsp3) is 0.0476. The molecule has 0 atom stereocenters. The van der Waals surface area contributed by atoms with Crippen molar-refractivity contribution >= 4 is 23.4 Å². The van der Waals surface area contributed by atoms with Gasteiger partial charge in [-0.05, 0) is 48.5 Å². The molecule has 6 nitrogen and oxygen atoms in total. The summed E-state index contributed by atoms with van der Waals surface area (Å²) in [5.41, 5.74) is 1.22. The van der Waals surface area contributed by atoms with E-state index in [4.69, 9.17) is 9.47 Å². The third-order valence-electron chi connectivity index (χ3n) is 3.48. The molecule has 2 N–H and O–H groups in total. The van der Waals surface area contributed by atoms with Gasteiger partial charge in [0.05, 0.1) is 0 Å². The van der Waals surface area contributed by atoms with Gasteiger partial charge in [0.15, 0.2) is 6.61 Å². The molecular weight excluding hydrogens is 344 g/mol. The van der Waals surface area contributed by atoms with E-state index in [0.29, 0.717) is 22.9 Å². The molecule has 0 radical (unpaired) electrons. The molecule has 2 amide bonds. The van der Waals surface area contributed by atoms with Crippen molar-refractivity contribution in [3.05, 3.63) is 84.9 Å². The molecule has 0 saturated heterocycles. The van der Waals surface area contributed by atoms with Gasteiger partial charge in [0.1, 0.15) is 11.5 Å². The van der Waals surface area contributed by atoms with Gasteiger partial charge >= 0.3 is 6.09 Å². The Bertz CT molecular complexity index is 881. The number of hydrogen-bond acceptors (Lipinski definition) is 4. The first kappa shape index (κ1) is 18.0. The van der Waals surface area contributed by atoms with Gasteiger partial charge in [-0.3, -0.25) is 10.1 Å². The van der Waals surface area contributed by atoms with E-state index >= 15 is 0 Å². The van der Waals surface area contributed by atoms with Crippen LogP contribution in [0.25, 0.3) is 0 Å². The Hall–Kier alpha value is -3.80. The lowest BCUT2D eigenvalue weighted by atomic mass is 10.3. The molecular formula is C21H18N2O4. The zero-order valence-electron chi connectivity index (χ0n) is 14.4. The number of para-hydroxylation sites is 2. The predicted molar refractivity (Wildman–Crippen MR) is 103 cm³/mol. The highest BCUT2D eigenvalue weighted by molar-refractivity contribution is 5.92. The molecule has 3 aromatic rings. The van der Waals surface area contributed by atoms with E-state index < -0.39 is 6.09 Å². The highest BCUT2D eigenvalue weighted by Gasteiger charge is 2.07. The fourth-order valence-corrected chi connectivity index (χ4v) is 2.24. The van der Waals surface area contributed by atoms with Crippen LogP contribution in [-0.2, 0) is 4.79 Å². The number of benzene rings is 3. The molecule has 3 aromatic carbocycles. The average Bonchev–Trinajstić information content (AvgIpc) is 2.69. The van der Waals surface area contributed by atoms with Gasteiger partial charge in [-0.15, -0.1) is 0 Å². The van der Waals surface area contributed by atoms with Gasteiger partial charge in [0, 0.05) is 11.4 Å². The molecule has 0 aromatic heterocycles. The van der Waals surface area contributed by atoms with E-state index in [2.05, 4.69) is 10.6 Å². The maximum atomic E-state index is 11.9. The standard InChI is InChI=1S/C21H18N2O4/c24-20(15-26-18-9-5-2-6-10-18)22-17-11-13-19(14-12-17)27-21(25)23-16-7-3-1-4-8-16/h1-14H,15H2,(H,22,24)(H,23,25). The van der Waals surface area contributed by atoms with Crippen LogP contribution in [0.4, 0.5) is 16.2 Å². The molecule has 0 unspecified atom stereocenters. The molecule has 0 aliphatic heterocycles. The molecule has 0 fully saturated rings. The topological polar surface area (TPSA) is 76.7 Å². The molecule has 6 heteroatoms. The highest BCUT2D eigenvalue weighted by Crippen LogP contribution is 2.17. The first-order valence-electron chi connectivity index (χ1n) is 8.31. The number of hydrogen-bond donors (Lipinski definition) is 2. The third-order valence-corrected chi connectivity index (χ3v) is 3.48. The minimum atomic E-state index is -0.589. The van der Waals surface area contributed by atoms with Gasteiger partial charge in [-0.2, -0.15) is 0 Å². The lowest BCUT2D eigenvalue weighted by Gasteiger charge is -2.09. The number of rotatable bonds is 6. The lowest BCUT2D eigenvalue weighted by Crippen LogP contribution is -2.20. The molecule has 0 bridgehead atoms. The summed E-state index contributed by atoms with van der Waals surface area (Å²) >= 11 is 0. The molecule has 0 aliphatic carbocycles. The highest BCUT2D eigenvalue weighted by atomic mass is 16.6. The minimum absolute atomic E-state index is 0.0955. The summed E-state index contributed by atoms with van der Waals surface area (Å²) in [5, 5.41) is 5.33. The van der Waals surface area contributed by atoms with E-state index in [0.717, 1.165) is 0 Å². The zero-order valence-corrected chi connectivity index (χ0v) is 14.4. The molecule has 0 heterocycles. The average molecular weight is 362 g/mol. The Morgan fingerprint density at radius 1 is 0.667 bits per heavy atom. The van der Waals surface area contributed by atoms with Crippen molar-refractivity contribution < 1.29 is 19.1 Å². The van der Waals surface area contributed by atoms with Crippen LogP contribution in [0.5, 0.6) is 11.5 Å². The molecule has 27 heavy (non-hydrogen) atoms. The number of carbonyl (C=O) groups is 2. The molecule has 0 saturated carbocycles. The molecule has 3 rings (SSSR count). The van der Waals surface area contributed by atoms with Crippen molar-refractivity contribution in [2.75, 3.05) is 17.2 Å². The van der Waals surface area contributed by atoms with E-state index in [1.807, 2.05) is 36.4 Å². The number of amides is 2. The maximum Gasteiger partial charge on any atom is 0.417 e. The summed E-state index contributed by atoms with van der Waals surface area (Å²) in [6.45, 7) is -0.0955. The van der Waals surface area contributed by atoms with Gasteiger partial charge in [-0.1, -0.05) is 36.4 Å². The summed E-state index contributed by atoms with van der Waals surface area (Å²) in [5.74, 6) is 0.706. The predicted octanol–water partition coefficient (Wildman–Crippen LogP) is 4.32. The van der Waals surface area contributed by atoms with Gasteiger partial charge in [-0.25, -0.2) is 4.79 Å². The van der Waals surface area contributed by atoms with Crippen LogP contribution < -0.4 is 20.1 Å². The lowest BCUT2D eigenvalue weighted by molar-refractivity contribution is -0.118. The van der Waals surface area contributed by atoms with Crippen LogP contribution >= 0.6 is 0 Å². The summed E-state index contributed by atoms with van der Waals surface area (Å²) in [6.07, 6.45) is -0.589. The van der Waals surface area contributed by atoms with Crippen LogP contribution in [0.2, 0.25) is 0 Å². The summed E-state index contributed by atoms with van der Waals surface area (Å²) in [7, 11) is 0. The Morgan fingerprint density at radius 2 is 1.26 bits per heavy atom. The van der Waals surface area contributed by atoms with Crippen molar-refractivity contribution in [1.29, 1.82) is 0 Å². The number of anilines is 2. The smallest absolute Gasteiger partial charge is 0.417 e. The Labute approximate surface area is 156 Å². The van der Waals surface area contributed by atoms with Crippen LogP contribution in [0, 0.1) is 0 Å². The summed E-state index contributed by atoms with van der Waals surface area (Å²) in [4.78, 5) is 23.8. The quantitative estimate of drug-likeness (QED) is 0.685. The van der Waals surface area contributed by atoms with Crippen molar-refractivity contribution in [2.24, 2.45) is 0 Å². The number of nitrogens with one attached hydrogen (secondary N) is 2. The summed E-state index contributed by atoms with van der Waals surface area (Å²) in [6, 6.07) is 24.6. The van der Waals surface area contributed by atoms with Crippen molar-refractivity contribution in [2.45, 2.75) is 0 Å². The van der Waals surface area contributed by atoms with E-state index in [9.17, 15) is 9.59 Å². The Morgan fingerprint density at radius 3 is 1.93 bits per heavy atom. The van der Waals surface area contributed by atoms with Crippen molar-refractivity contribution in [1.82, 2.24) is 0 Å². The largest absolute Gasteiger partial charge is 0.484 e. The van der Waals surface area contributed by atoms with Gasteiger partial charge in [0.2, 0.25) is 0 Å². The van der Waals surface area contributed by atoms with Crippen molar-refractivity contribution in [3.63, 3.8) is 0 Å². The Balaban J connectivity index is 1.46. The maximum absolute atomic E-state index is 11.9. The van der Waals surface area contributed by atoms with Crippen LogP contribution in [0.3, 0.4) is 0 Å². The first-order valence-corrected chi connectivity index (χ1v) is 8.31. The molecule has 136 valence electrons. The Kier molecular flexibility index (Phi) is 6.04. The second-order valence-corrected chi connectivity index (χ2v) is 5.55. The second kappa shape index (κ2) is 9.05. The first-order chi connectivity index (χ1) is 13.2. The summed E-state index contributed by atoms with van der Waals surface area (Å²) < 4.78 is 10.6. The van der Waals surface area contributed by atoms with Crippen molar-refractivity contribution in [3.8, 4) is 11.5 Å². The monoisotopic (exact) mass is 362 g/mol. The normalized spacial score (nSPS) is 9.93. The van der Waals surface area contributed by atoms with Gasteiger partial charge < -0.3 is 14.8 Å². The van der Waals surface area contributed by atoms with Crippen LogP contribution in [-0.4, -0.2) is 18.6 Å². The van der Waals surface area contributed by atoms with E-state index in [-0.39, 0.29) is 12.5 Å². The minimum Gasteiger partial charge on any atom is -0.484 e. The van der Waals surface area contributed by atoms with Gasteiger partial charge in [0.25, 0.3) is 5.91 Å². The SMILES string of the molecule is O=C(COc1ccccc1)Nc1ccc(OC(=O)Nc2ccccc2)cc1. The zero-order chi connectivity index (χ0) is 18.9. The van der Waals surface area contributed by atoms with E-state index in [1.54, 1.807) is 48.5 Å².